The highest BCUT2D eigenvalue weighted by Crippen LogP contribution is 2.41. The summed E-state index contributed by atoms with van der Waals surface area (Å²) in [7, 11) is 2.13. The molecule has 0 radical (unpaired) electrons. The van der Waals surface area contributed by atoms with Crippen molar-refractivity contribution >= 4 is 38.9 Å². The summed E-state index contributed by atoms with van der Waals surface area (Å²) in [4.78, 5) is 9.50. The molecule has 0 atom stereocenters. The first kappa shape index (κ1) is 27.9. The highest BCUT2D eigenvalue weighted by Gasteiger charge is 2.24. The quantitative estimate of drug-likeness (QED) is 0.185. The van der Waals surface area contributed by atoms with Gasteiger partial charge in [-0.05, 0) is 76.9 Å². The molecule has 5 heteroatoms. The molecule has 230 valence electrons. The van der Waals surface area contributed by atoms with Gasteiger partial charge in [0.2, 0.25) is 0 Å². The number of anilines is 3. The minimum Gasteiger partial charge on any atom is -0.457 e. The highest BCUT2D eigenvalue weighted by molar-refractivity contribution is 6.09. The number of aromatic nitrogens is 2. The summed E-state index contributed by atoms with van der Waals surface area (Å²) in [6.45, 7) is 0.788. The van der Waals surface area contributed by atoms with Crippen LogP contribution in [0, 0.1) is 0 Å². The summed E-state index contributed by atoms with van der Waals surface area (Å²) in [5.74, 6) is 2.42. The maximum atomic E-state index is 6.57. The summed E-state index contributed by atoms with van der Waals surface area (Å²) in [5.41, 5.74) is 10.3. The monoisotopic (exact) mass is 620 g/mol. The van der Waals surface area contributed by atoms with Crippen LogP contribution in [0.4, 0.5) is 17.1 Å². The molecule has 3 heterocycles. The molecule has 1 aliphatic heterocycles. The van der Waals surface area contributed by atoms with E-state index in [-0.39, 0.29) is 0 Å². The number of fused-ring (bicyclic) bond motifs is 4. The van der Waals surface area contributed by atoms with Crippen LogP contribution in [0.5, 0.6) is 11.5 Å². The minimum atomic E-state index is 0.772. The van der Waals surface area contributed by atoms with Gasteiger partial charge in [-0.3, -0.25) is 4.57 Å². The standard InChI is InChI=1S/C43H32N4O/c1-45-29-46(41-21-10-9-20-40(41)45)32-14-11-15-33(27-32)48-34-22-23-38-37-18-7-8-19-39(37)47(42(38)28-34)43-26-31(24-25-44-43)36-17-6-5-16-35(36)30-12-3-2-4-13-30/h2-28H,29H2,1H3. The Morgan fingerprint density at radius 1 is 0.542 bits per heavy atom. The zero-order chi connectivity index (χ0) is 32.0. The molecular weight excluding hydrogens is 589 g/mol. The summed E-state index contributed by atoms with van der Waals surface area (Å²) < 4.78 is 8.82. The molecule has 0 bridgehead atoms. The molecule has 6 aromatic carbocycles. The fourth-order valence-corrected chi connectivity index (χ4v) is 7.02. The van der Waals surface area contributed by atoms with Crippen molar-refractivity contribution in [3.8, 4) is 39.6 Å². The van der Waals surface area contributed by atoms with Crippen LogP contribution in [-0.4, -0.2) is 23.3 Å². The number of hydrogen-bond donors (Lipinski definition) is 0. The van der Waals surface area contributed by atoms with Gasteiger partial charge in [0.15, 0.2) is 0 Å². The van der Waals surface area contributed by atoms with Crippen LogP contribution in [0.2, 0.25) is 0 Å². The van der Waals surface area contributed by atoms with E-state index in [0.29, 0.717) is 0 Å². The van der Waals surface area contributed by atoms with Crippen molar-refractivity contribution in [2.75, 3.05) is 23.5 Å². The van der Waals surface area contributed by atoms with E-state index >= 15 is 0 Å². The third-order valence-corrected chi connectivity index (χ3v) is 9.25. The normalized spacial score (nSPS) is 12.5. The Hall–Kier alpha value is -6.33. The van der Waals surface area contributed by atoms with Crippen molar-refractivity contribution in [3.05, 3.63) is 164 Å². The average molecular weight is 621 g/mol. The fraction of sp³-hybridized carbons (Fsp3) is 0.0465. The number of nitrogens with zero attached hydrogens (tertiary/aromatic N) is 4. The van der Waals surface area contributed by atoms with Crippen molar-refractivity contribution < 1.29 is 4.74 Å². The van der Waals surface area contributed by atoms with Gasteiger partial charge in [-0.1, -0.05) is 91.0 Å². The number of para-hydroxylation sites is 3. The molecule has 9 rings (SSSR count). The summed E-state index contributed by atoms with van der Waals surface area (Å²) in [5, 5.41) is 2.33. The molecule has 0 saturated carbocycles. The first-order valence-corrected chi connectivity index (χ1v) is 16.2. The van der Waals surface area contributed by atoms with Crippen LogP contribution in [0.1, 0.15) is 0 Å². The molecule has 2 aromatic heterocycles. The molecule has 0 fully saturated rings. The Kier molecular flexibility index (Phi) is 6.68. The molecule has 0 aliphatic carbocycles. The number of hydrogen-bond acceptors (Lipinski definition) is 4. The zero-order valence-electron chi connectivity index (χ0n) is 26.5. The molecule has 0 N–H and O–H groups in total. The maximum absolute atomic E-state index is 6.57. The lowest BCUT2D eigenvalue weighted by Gasteiger charge is -2.20. The van der Waals surface area contributed by atoms with E-state index in [4.69, 9.17) is 9.72 Å². The Morgan fingerprint density at radius 2 is 1.25 bits per heavy atom. The van der Waals surface area contributed by atoms with Crippen molar-refractivity contribution in [1.29, 1.82) is 0 Å². The number of rotatable bonds is 6. The van der Waals surface area contributed by atoms with Crippen LogP contribution >= 0.6 is 0 Å². The lowest BCUT2D eigenvalue weighted by Crippen LogP contribution is -2.23. The van der Waals surface area contributed by atoms with E-state index in [0.717, 1.165) is 51.7 Å². The van der Waals surface area contributed by atoms with Gasteiger partial charge < -0.3 is 14.5 Å². The number of benzene rings is 6. The molecular formula is C43H32N4O. The van der Waals surface area contributed by atoms with Crippen molar-refractivity contribution in [1.82, 2.24) is 9.55 Å². The predicted octanol–water partition coefficient (Wildman–Crippen LogP) is 10.9. The molecule has 0 saturated heterocycles. The van der Waals surface area contributed by atoms with E-state index in [2.05, 4.69) is 173 Å². The van der Waals surface area contributed by atoms with Gasteiger partial charge in [0.1, 0.15) is 17.3 Å². The second-order valence-corrected chi connectivity index (χ2v) is 12.2. The molecule has 0 amide bonds. The second kappa shape index (κ2) is 11.5. The Bertz CT molecular complexity index is 2450. The van der Waals surface area contributed by atoms with Crippen LogP contribution in [0.25, 0.3) is 49.9 Å². The third kappa shape index (κ3) is 4.76. The SMILES string of the molecule is CN1CN(c2cccc(Oc3ccc4c5ccccc5n(-c5cc(-c6ccccc6-c6ccccc6)ccn5)c4c3)c2)c2ccccc21. The minimum absolute atomic E-state index is 0.772. The smallest absolute Gasteiger partial charge is 0.138 e. The van der Waals surface area contributed by atoms with Crippen LogP contribution in [0.3, 0.4) is 0 Å². The first-order chi connectivity index (χ1) is 23.7. The van der Waals surface area contributed by atoms with Crippen LogP contribution in [-0.2, 0) is 0 Å². The average Bonchev–Trinajstić information content (AvgIpc) is 3.66. The van der Waals surface area contributed by atoms with Gasteiger partial charge in [-0.2, -0.15) is 0 Å². The van der Waals surface area contributed by atoms with Gasteiger partial charge in [-0.25, -0.2) is 4.98 Å². The predicted molar refractivity (Wildman–Crippen MR) is 198 cm³/mol. The molecule has 0 unspecified atom stereocenters. The van der Waals surface area contributed by atoms with Gasteiger partial charge in [0.25, 0.3) is 0 Å². The summed E-state index contributed by atoms with van der Waals surface area (Å²) in [6, 6.07) is 55.1. The Labute approximate surface area is 279 Å². The topological polar surface area (TPSA) is 33.5 Å². The molecule has 0 spiro atoms. The van der Waals surface area contributed by atoms with Gasteiger partial charge in [0, 0.05) is 41.8 Å². The number of ether oxygens (including phenoxy) is 1. The largest absolute Gasteiger partial charge is 0.457 e. The molecule has 48 heavy (non-hydrogen) atoms. The lowest BCUT2D eigenvalue weighted by molar-refractivity contribution is 0.483. The van der Waals surface area contributed by atoms with E-state index < -0.39 is 0 Å². The lowest BCUT2D eigenvalue weighted by atomic mass is 9.95. The van der Waals surface area contributed by atoms with Gasteiger partial charge in [-0.15, -0.1) is 0 Å². The van der Waals surface area contributed by atoms with Crippen LogP contribution < -0.4 is 14.5 Å². The van der Waals surface area contributed by atoms with Crippen molar-refractivity contribution in [2.24, 2.45) is 0 Å². The molecule has 8 aromatic rings. The van der Waals surface area contributed by atoms with E-state index in [9.17, 15) is 0 Å². The third-order valence-electron chi connectivity index (χ3n) is 9.25. The van der Waals surface area contributed by atoms with Crippen molar-refractivity contribution in [3.63, 3.8) is 0 Å². The van der Waals surface area contributed by atoms with E-state index in [1.807, 2.05) is 12.3 Å². The van der Waals surface area contributed by atoms with E-state index in [1.54, 1.807) is 0 Å². The Morgan fingerprint density at radius 3 is 2.12 bits per heavy atom. The molecule has 5 nitrogen and oxygen atoms in total. The summed E-state index contributed by atoms with van der Waals surface area (Å²) >= 11 is 0. The zero-order valence-corrected chi connectivity index (χ0v) is 26.5. The van der Waals surface area contributed by atoms with Gasteiger partial charge in [0.05, 0.1) is 29.1 Å². The summed E-state index contributed by atoms with van der Waals surface area (Å²) in [6.07, 6.45) is 1.91. The second-order valence-electron chi connectivity index (χ2n) is 12.2. The highest BCUT2D eigenvalue weighted by atomic mass is 16.5. The Balaban J connectivity index is 1.12. The van der Waals surface area contributed by atoms with Crippen molar-refractivity contribution in [2.45, 2.75) is 0 Å². The fourth-order valence-electron chi connectivity index (χ4n) is 7.02. The van der Waals surface area contributed by atoms with Gasteiger partial charge >= 0.3 is 0 Å². The van der Waals surface area contributed by atoms with Crippen LogP contribution in [0.15, 0.2) is 164 Å². The van der Waals surface area contributed by atoms with E-state index in [1.165, 1.54) is 33.5 Å². The first-order valence-electron chi connectivity index (χ1n) is 16.2. The number of pyridine rings is 1. The maximum Gasteiger partial charge on any atom is 0.138 e. The molecule has 1 aliphatic rings.